The summed E-state index contributed by atoms with van der Waals surface area (Å²) in [7, 11) is 1.77. The van der Waals surface area contributed by atoms with E-state index in [1.807, 2.05) is 20.8 Å². The van der Waals surface area contributed by atoms with Gasteiger partial charge >= 0.3 is 6.03 Å². The van der Waals surface area contributed by atoms with E-state index in [4.69, 9.17) is 4.74 Å². The highest BCUT2D eigenvalue weighted by Gasteiger charge is 2.19. The normalized spacial score (nSPS) is 11.4. The van der Waals surface area contributed by atoms with E-state index >= 15 is 0 Å². The van der Waals surface area contributed by atoms with Crippen LogP contribution >= 0.6 is 0 Å². The number of nitrogens with one attached hydrogen (secondary N) is 2. The smallest absolute Gasteiger partial charge is 0.323 e. The first-order chi connectivity index (χ1) is 16.1. The minimum Gasteiger partial charge on any atom is -0.454 e. The third-order valence-electron chi connectivity index (χ3n) is 4.78. The fourth-order valence-corrected chi connectivity index (χ4v) is 3.06. The molecule has 0 fully saturated rings. The van der Waals surface area contributed by atoms with Crippen molar-refractivity contribution in [2.24, 2.45) is 7.05 Å². The highest BCUT2D eigenvalue weighted by molar-refractivity contribution is 5.99. The average Bonchev–Trinajstić information content (AvgIpc) is 3.43. The van der Waals surface area contributed by atoms with Crippen molar-refractivity contribution >= 4 is 17.4 Å². The fourth-order valence-electron chi connectivity index (χ4n) is 3.06. The quantitative estimate of drug-likeness (QED) is 0.423. The number of anilines is 2. The number of hydrogen-bond donors (Lipinski definition) is 2. The summed E-state index contributed by atoms with van der Waals surface area (Å²) in [6.07, 6.45) is 8.00. The van der Waals surface area contributed by atoms with Gasteiger partial charge in [-0.25, -0.2) is 9.18 Å². The largest absolute Gasteiger partial charge is 0.454 e. The topological polar surface area (TPSA) is 98.9 Å². The number of aryl methyl sites for hydroxylation is 1. The van der Waals surface area contributed by atoms with Crippen LogP contribution in [0.3, 0.4) is 0 Å². The molecular weight excluding hydrogens is 444 g/mol. The van der Waals surface area contributed by atoms with E-state index in [1.54, 1.807) is 41.1 Å². The Morgan fingerprint density at radius 3 is 2.50 bits per heavy atom. The minimum absolute atomic E-state index is 0.265. The van der Waals surface area contributed by atoms with Crippen LogP contribution in [0.15, 0.2) is 55.2 Å². The molecule has 176 valence electrons. The van der Waals surface area contributed by atoms with E-state index in [-0.39, 0.29) is 22.7 Å². The number of ether oxygens (including phenoxy) is 1. The minimum atomic E-state index is -1.25. The third-order valence-corrected chi connectivity index (χ3v) is 4.78. The van der Waals surface area contributed by atoms with Gasteiger partial charge in [0, 0.05) is 37.3 Å². The van der Waals surface area contributed by atoms with E-state index in [0.29, 0.717) is 11.4 Å². The summed E-state index contributed by atoms with van der Waals surface area (Å²) in [6.45, 7) is 5.87. The van der Waals surface area contributed by atoms with Crippen LogP contribution in [-0.4, -0.2) is 30.6 Å². The highest BCUT2D eigenvalue weighted by Crippen LogP contribution is 2.31. The molecule has 3 aromatic heterocycles. The first kappa shape index (κ1) is 22.9. The van der Waals surface area contributed by atoms with E-state index in [2.05, 4.69) is 25.8 Å². The van der Waals surface area contributed by atoms with Crippen LogP contribution in [-0.2, 0) is 12.6 Å². The maximum Gasteiger partial charge on any atom is 0.323 e. The zero-order valence-electron chi connectivity index (χ0n) is 19.0. The van der Waals surface area contributed by atoms with Crippen LogP contribution < -0.4 is 15.4 Å². The van der Waals surface area contributed by atoms with Crippen LogP contribution in [0.2, 0.25) is 0 Å². The lowest BCUT2D eigenvalue weighted by Gasteiger charge is -2.18. The molecule has 0 aliphatic rings. The molecule has 0 unspecified atom stereocenters. The van der Waals surface area contributed by atoms with Crippen LogP contribution in [0.4, 0.5) is 25.0 Å². The van der Waals surface area contributed by atoms with E-state index in [9.17, 15) is 13.6 Å². The average molecular weight is 467 g/mol. The van der Waals surface area contributed by atoms with Crippen molar-refractivity contribution in [3.8, 4) is 22.8 Å². The van der Waals surface area contributed by atoms with Gasteiger partial charge in [-0.15, -0.1) is 0 Å². The second-order valence-electron chi connectivity index (χ2n) is 8.54. The van der Waals surface area contributed by atoms with E-state index in [1.165, 1.54) is 30.6 Å². The molecule has 0 saturated heterocycles. The number of nitrogens with zero attached hydrogens (tertiary/aromatic N) is 5. The number of benzene rings is 1. The molecule has 0 atom stereocenters. The van der Waals surface area contributed by atoms with Gasteiger partial charge in [0.2, 0.25) is 5.82 Å². The molecule has 0 radical (unpaired) electrons. The van der Waals surface area contributed by atoms with Crippen molar-refractivity contribution in [2.45, 2.75) is 26.3 Å². The SMILES string of the molecule is Cn1cc(-c2cc(Oc3ccc(NC(=O)Nc4cnn(C(C)(C)C)c4)c(F)c3F)ccn2)cn1. The van der Waals surface area contributed by atoms with Gasteiger partial charge in [-0.1, -0.05) is 0 Å². The predicted molar refractivity (Wildman–Crippen MR) is 123 cm³/mol. The molecular formula is C23H23F2N7O2. The molecule has 1 aromatic carbocycles. The number of halogens is 2. The number of carbonyl (C=O) groups excluding carboxylic acids is 1. The highest BCUT2D eigenvalue weighted by atomic mass is 19.2. The number of urea groups is 1. The molecule has 0 aliphatic heterocycles. The first-order valence-corrected chi connectivity index (χ1v) is 10.3. The van der Waals surface area contributed by atoms with Gasteiger partial charge < -0.3 is 15.4 Å². The zero-order chi connectivity index (χ0) is 24.5. The summed E-state index contributed by atoms with van der Waals surface area (Å²) in [5.74, 6) is -2.56. The number of carbonyl (C=O) groups is 1. The lowest BCUT2D eigenvalue weighted by Crippen LogP contribution is -2.22. The first-order valence-electron chi connectivity index (χ1n) is 10.3. The standard InChI is InChI=1S/C23H23F2N7O2/c1-23(2,3)32-13-15(11-28-32)29-22(33)30-17-5-6-19(21(25)20(17)24)34-16-7-8-26-18(9-16)14-10-27-31(4)12-14/h5-13H,1-4H3,(H2,29,30,33). The fraction of sp³-hybridized carbons (Fsp3) is 0.217. The third kappa shape index (κ3) is 5.03. The maximum atomic E-state index is 14.7. The Balaban J connectivity index is 1.46. The van der Waals surface area contributed by atoms with E-state index in [0.717, 1.165) is 5.56 Å². The van der Waals surface area contributed by atoms with Crippen LogP contribution in [0.1, 0.15) is 20.8 Å². The lowest BCUT2D eigenvalue weighted by atomic mass is 10.1. The molecule has 0 spiro atoms. The Kier molecular flexibility index (Phi) is 6.01. The molecule has 4 rings (SSSR count). The van der Waals surface area contributed by atoms with Gasteiger partial charge in [0.1, 0.15) is 5.75 Å². The Hall–Kier alpha value is -4.28. The summed E-state index contributed by atoms with van der Waals surface area (Å²) in [5, 5.41) is 13.1. The van der Waals surface area contributed by atoms with Crippen molar-refractivity contribution in [3.63, 3.8) is 0 Å². The van der Waals surface area contributed by atoms with Crippen molar-refractivity contribution < 1.29 is 18.3 Å². The lowest BCUT2D eigenvalue weighted by molar-refractivity contribution is 0.262. The number of aromatic nitrogens is 5. The zero-order valence-corrected chi connectivity index (χ0v) is 19.0. The van der Waals surface area contributed by atoms with Gasteiger partial charge in [-0.3, -0.25) is 14.3 Å². The molecule has 3 heterocycles. The van der Waals surface area contributed by atoms with Crippen molar-refractivity contribution in [1.29, 1.82) is 0 Å². The van der Waals surface area contributed by atoms with Crippen LogP contribution in [0, 0.1) is 11.6 Å². The molecule has 34 heavy (non-hydrogen) atoms. The Morgan fingerprint density at radius 1 is 1.03 bits per heavy atom. The molecule has 0 bridgehead atoms. The van der Waals surface area contributed by atoms with Crippen LogP contribution in [0.25, 0.3) is 11.3 Å². The van der Waals surface area contributed by atoms with Gasteiger partial charge in [-0.2, -0.15) is 14.6 Å². The molecule has 0 saturated carbocycles. The van der Waals surface area contributed by atoms with Gasteiger partial charge in [0.15, 0.2) is 11.6 Å². The summed E-state index contributed by atoms with van der Waals surface area (Å²) in [5.41, 5.74) is 1.12. The van der Waals surface area contributed by atoms with Gasteiger partial charge in [0.05, 0.1) is 35.0 Å². The number of amides is 2. The summed E-state index contributed by atoms with van der Waals surface area (Å²) >= 11 is 0. The van der Waals surface area contributed by atoms with Crippen molar-refractivity contribution in [1.82, 2.24) is 24.5 Å². The molecule has 0 aliphatic carbocycles. The summed E-state index contributed by atoms with van der Waals surface area (Å²) in [6, 6.07) is 4.82. The Morgan fingerprint density at radius 2 is 1.82 bits per heavy atom. The molecule has 2 amide bonds. The predicted octanol–water partition coefficient (Wildman–Crippen LogP) is 5.15. The van der Waals surface area contributed by atoms with Gasteiger partial charge in [-0.05, 0) is 39.0 Å². The molecule has 4 aromatic rings. The second-order valence-corrected chi connectivity index (χ2v) is 8.54. The second kappa shape index (κ2) is 8.93. The summed E-state index contributed by atoms with van der Waals surface area (Å²) < 4.78 is 38.1. The van der Waals surface area contributed by atoms with Gasteiger partial charge in [0.25, 0.3) is 0 Å². The molecule has 2 N–H and O–H groups in total. The monoisotopic (exact) mass is 467 g/mol. The van der Waals surface area contributed by atoms with Crippen LogP contribution in [0.5, 0.6) is 11.5 Å². The number of rotatable bonds is 5. The molecule has 11 heteroatoms. The molecule has 9 nitrogen and oxygen atoms in total. The number of pyridine rings is 1. The Bertz CT molecular complexity index is 1340. The number of hydrogen-bond acceptors (Lipinski definition) is 5. The van der Waals surface area contributed by atoms with E-state index < -0.39 is 17.7 Å². The maximum absolute atomic E-state index is 14.7. The summed E-state index contributed by atoms with van der Waals surface area (Å²) in [4.78, 5) is 16.5. The van der Waals surface area contributed by atoms with Crippen molar-refractivity contribution in [2.75, 3.05) is 10.6 Å². The Labute approximate surface area is 194 Å². The van der Waals surface area contributed by atoms with Crippen molar-refractivity contribution in [3.05, 3.63) is 66.9 Å².